The van der Waals surface area contributed by atoms with Crippen molar-refractivity contribution in [3.05, 3.63) is 0 Å². The minimum absolute atomic E-state index is 0.0341. The second kappa shape index (κ2) is 6.25. The smallest absolute Gasteiger partial charge is 0.239 e. The van der Waals surface area contributed by atoms with Crippen molar-refractivity contribution in [2.45, 2.75) is 36.8 Å². The van der Waals surface area contributed by atoms with E-state index < -0.39 is 15.9 Å². The van der Waals surface area contributed by atoms with Crippen LogP contribution in [-0.2, 0) is 14.6 Å². The number of nitrogens with two attached hydrogens (primary N) is 1. The Bertz CT molecular complexity index is 387. The van der Waals surface area contributed by atoms with E-state index >= 15 is 0 Å². The van der Waals surface area contributed by atoms with E-state index in [9.17, 15) is 13.2 Å². The number of hydrogen-bond acceptors (Lipinski definition) is 5. The minimum atomic E-state index is -3.06. The van der Waals surface area contributed by atoms with E-state index in [1.165, 1.54) is 0 Å². The van der Waals surface area contributed by atoms with Gasteiger partial charge in [0.1, 0.15) is 9.84 Å². The second-order valence-corrected chi connectivity index (χ2v) is 9.17. The maximum absolute atomic E-state index is 12.1. The Kier molecular flexibility index (Phi) is 5.48. The van der Waals surface area contributed by atoms with E-state index in [0.29, 0.717) is 23.6 Å². The summed E-state index contributed by atoms with van der Waals surface area (Å²) in [5, 5.41) is 0.805. The van der Waals surface area contributed by atoms with Crippen LogP contribution in [-0.4, -0.2) is 60.9 Å². The lowest BCUT2D eigenvalue weighted by Gasteiger charge is -2.36. The Hall–Kier alpha value is -0.270. The molecule has 7 heteroatoms. The van der Waals surface area contributed by atoms with Crippen molar-refractivity contribution in [3.63, 3.8) is 0 Å². The number of carbonyl (C=O) groups is 1. The van der Waals surface area contributed by atoms with Crippen molar-refractivity contribution in [2.75, 3.05) is 25.1 Å². The van der Waals surface area contributed by atoms with Crippen LogP contribution >= 0.6 is 11.8 Å². The molecule has 0 saturated carbocycles. The lowest BCUT2D eigenvalue weighted by Crippen LogP contribution is -2.50. The van der Waals surface area contributed by atoms with E-state index in [0.717, 1.165) is 6.26 Å². The van der Waals surface area contributed by atoms with Gasteiger partial charge in [-0.1, -0.05) is 13.8 Å². The van der Waals surface area contributed by atoms with Crippen molar-refractivity contribution >= 4 is 27.5 Å². The summed E-state index contributed by atoms with van der Waals surface area (Å²) >= 11 is 1.86. The van der Waals surface area contributed by atoms with Gasteiger partial charge in [-0.2, -0.15) is 11.8 Å². The zero-order chi connectivity index (χ0) is 13.9. The molecule has 1 saturated heterocycles. The van der Waals surface area contributed by atoms with Gasteiger partial charge in [-0.15, -0.1) is 0 Å². The average Bonchev–Trinajstić information content (AvgIpc) is 2.22. The largest absolute Gasteiger partial charge is 0.339 e. The Morgan fingerprint density at radius 1 is 1.39 bits per heavy atom. The molecule has 1 aliphatic rings. The molecule has 3 atom stereocenters. The van der Waals surface area contributed by atoms with Crippen LogP contribution in [0.15, 0.2) is 0 Å². The molecule has 3 unspecified atom stereocenters. The van der Waals surface area contributed by atoms with Gasteiger partial charge in [0.05, 0.1) is 11.8 Å². The lowest BCUT2D eigenvalue weighted by atomic mass is 10.2. The molecular formula is C11H22N2O3S2. The van der Waals surface area contributed by atoms with Crippen LogP contribution in [0.4, 0.5) is 0 Å². The maximum Gasteiger partial charge on any atom is 0.239 e. The van der Waals surface area contributed by atoms with Crippen LogP contribution in [0, 0.1) is 0 Å². The second-order valence-electron chi connectivity index (χ2n) is 5.03. The van der Waals surface area contributed by atoms with Gasteiger partial charge in [-0.05, 0) is 6.42 Å². The fourth-order valence-electron chi connectivity index (χ4n) is 2.06. The monoisotopic (exact) mass is 294 g/mol. The van der Waals surface area contributed by atoms with Gasteiger partial charge in [0, 0.05) is 29.8 Å². The fourth-order valence-corrected chi connectivity index (χ4v) is 4.06. The molecule has 1 rings (SSSR count). The van der Waals surface area contributed by atoms with Gasteiger partial charge in [0.2, 0.25) is 5.91 Å². The molecule has 0 aliphatic carbocycles. The summed E-state index contributed by atoms with van der Waals surface area (Å²) in [6, 6.07) is -0.706. The van der Waals surface area contributed by atoms with Crippen molar-refractivity contribution in [1.82, 2.24) is 4.90 Å². The highest BCUT2D eigenvalue weighted by atomic mass is 32.2. The molecule has 106 valence electrons. The van der Waals surface area contributed by atoms with Crippen molar-refractivity contribution < 1.29 is 13.2 Å². The predicted octanol–water partition coefficient (Wildman–Crippen LogP) is 0.101. The quantitative estimate of drug-likeness (QED) is 0.795. The van der Waals surface area contributed by atoms with Gasteiger partial charge in [-0.25, -0.2) is 8.42 Å². The Balaban J connectivity index is 2.52. The fraction of sp³-hybridized carbons (Fsp3) is 0.909. The molecule has 18 heavy (non-hydrogen) atoms. The molecule has 0 radical (unpaired) electrons. The van der Waals surface area contributed by atoms with Gasteiger partial charge >= 0.3 is 0 Å². The molecule has 1 amide bonds. The Labute approximate surface area is 113 Å². The van der Waals surface area contributed by atoms with Crippen LogP contribution in [0.25, 0.3) is 0 Å². The van der Waals surface area contributed by atoms with Crippen LogP contribution < -0.4 is 5.73 Å². The number of amides is 1. The van der Waals surface area contributed by atoms with E-state index in [4.69, 9.17) is 5.73 Å². The first-order valence-corrected chi connectivity index (χ1v) is 9.07. The highest BCUT2D eigenvalue weighted by Crippen LogP contribution is 2.25. The number of carbonyl (C=O) groups excluding carboxylic acids is 1. The average molecular weight is 294 g/mol. The zero-order valence-electron chi connectivity index (χ0n) is 11.1. The molecule has 0 aromatic rings. The van der Waals surface area contributed by atoms with Crippen LogP contribution in [0.5, 0.6) is 0 Å². The summed E-state index contributed by atoms with van der Waals surface area (Å²) < 4.78 is 22.1. The third kappa shape index (κ3) is 5.16. The van der Waals surface area contributed by atoms with Crippen LogP contribution in [0.1, 0.15) is 20.3 Å². The van der Waals surface area contributed by atoms with E-state index in [1.807, 2.05) is 11.8 Å². The van der Waals surface area contributed by atoms with E-state index in [1.54, 1.807) is 4.90 Å². The molecule has 2 N–H and O–H groups in total. The number of thioether (sulfide) groups is 1. The van der Waals surface area contributed by atoms with Crippen molar-refractivity contribution in [2.24, 2.45) is 5.73 Å². The first-order valence-electron chi connectivity index (χ1n) is 6.06. The molecule has 0 aromatic carbocycles. The summed E-state index contributed by atoms with van der Waals surface area (Å²) in [6.45, 7) is 5.56. The first-order chi connectivity index (χ1) is 8.19. The zero-order valence-corrected chi connectivity index (χ0v) is 12.8. The molecule has 0 bridgehead atoms. The van der Waals surface area contributed by atoms with E-state index in [2.05, 4.69) is 13.8 Å². The highest BCUT2D eigenvalue weighted by Gasteiger charge is 2.29. The lowest BCUT2D eigenvalue weighted by molar-refractivity contribution is -0.132. The third-order valence-corrected chi connectivity index (χ3v) is 5.05. The number of hydrogen-bond donors (Lipinski definition) is 1. The van der Waals surface area contributed by atoms with Crippen LogP contribution in [0.3, 0.4) is 0 Å². The van der Waals surface area contributed by atoms with Crippen molar-refractivity contribution in [3.8, 4) is 0 Å². The summed E-state index contributed by atoms with van der Waals surface area (Å²) in [5.74, 6) is -0.161. The number of sulfone groups is 1. The van der Waals surface area contributed by atoms with Gasteiger partial charge in [0.15, 0.2) is 0 Å². The number of rotatable bonds is 4. The molecule has 5 nitrogen and oxygen atoms in total. The normalized spacial score (nSPS) is 27.0. The van der Waals surface area contributed by atoms with Gasteiger partial charge in [0.25, 0.3) is 0 Å². The highest BCUT2D eigenvalue weighted by molar-refractivity contribution is 8.00. The molecule has 1 fully saturated rings. The topological polar surface area (TPSA) is 80.5 Å². The number of nitrogens with zero attached hydrogens (tertiary/aromatic N) is 1. The van der Waals surface area contributed by atoms with Gasteiger partial charge in [-0.3, -0.25) is 4.79 Å². The van der Waals surface area contributed by atoms with Crippen molar-refractivity contribution in [1.29, 1.82) is 0 Å². The third-order valence-electron chi connectivity index (χ3n) is 2.85. The summed E-state index contributed by atoms with van der Waals surface area (Å²) in [5.41, 5.74) is 5.78. The molecule has 1 heterocycles. The molecular weight excluding hydrogens is 272 g/mol. The molecule has 0 aromatic heterocycles. The first kappa shape index (κ1) is 15.8. The van der Waals surface area contributed by atoms with Gasteiger partial charge < -0.3 is 10.6 Å². The molecule has 1 aliphatic heterocycles. The summed E-state index contributed by atoms with van der Waals surface area (Å²) in [6.07, 6.45) is 1.36. The summed E-state index contributed by atoms with van der Waals surface area (Å²) in [4.78, 5) is 13.9. The predicted molar refractivity (Wildman–Crippen MR) is 75.4 cm³/mol. The SMILES string of the molecule is CC1CN(C(=O)C(N)CCS(C)(=O)=O)CC(C)S1. The standard InChI is InChI=1S/C11H22N2O3S2/c1-8-6-13(7-9(2)17-8)11(14)10(12)4-5-18(3,15)16/h8-10H,4-7,12H2,1-3H3. The summed E-state index contributed by atoms with van der Waals surface area (Å²) in [7, 11) is -3.06. The maximum atomic E-state index is 12.1. The molecule has 0 spiro atoms. The Morgan fingerprint density at radius 2 is 1.89 bits per heavy atom. The Morgan fingerprint density at radius 3 is 2.33 bits per heavy atom. The van der Waals surface area contributed by atoms with Crippen LogP contribution in [0.2, 0.25) is 0 Å². The minimum Gasteiger partial charge on any atom is -0.339 e. The van der Waals surface area contributed by atoms with E-state index in [-0.39, 0.29) is 18.1 Å².